The lowest BCUT2D eigenvalue weighted by molar-refractivity contribution is -0.115. The molecule has 0 saturated carbocycles. The number of H-pyrrole nitrogens is 1. The number of rotatable bonds is 17. The van der Waals surface area contributed by atoms with Gasteiger partial charge in [0.1, 0.15) is 12.1 Å². The molecule has 0 aliphatic rings. The van der Waals surface area contributed by atoms with Crippen molar-refractivity contribution in [3.8, 4) is 11.5 Å². The first-order chi connectivity index (χ1) is 21.6. The standard InChI is InChI=1S/C28H34F2N7O7P.2ClH/c1-3-8-37(10-12-44-45(39,40)41)9-5-11-43-24-16-22-19(15-23(24)42-2)28(32-17-31-22)34-25-13-18(35-36-25)14-26(38)33-21-7-4-6-20(29)27(21)30;;/h4,6-7,13,15-17H,3,5,8-12,14H2,1-2H3,(H,33,38)(H2,39,40,41)(H2,31,32,34,35,36);2*1H. The van der Waals surface area contributed by atoms with Crippen molar-refractivity contribution in [1.29, 1.82) is 0 Å². The van der Waals surface area contributed by atoms with Crippen LogP contribution in [0.25, 0.3) is 10.9 Å². The Morgan fingerprint density at radius 3 is 2.57 bits per heavy atom. The van der Waals surface area contributed by atoms with Gasteiger partial charge in [0, 0.05) is 36.3 Å². The molecule has 4 aromatic rings. The van der Waals surface area contributed by atoms with Gasteiger partial charge in [-0.25, -0.2) is 23.3 Å². The molecule has 14 nitrogen and oxygen atoms in total. The number of anilines is 3. The van der Waals surface area contributed by atoms with E-state index in [0.29, 0.717) is 65.8 Å². The fourth-order valence-corrected chi connectivity index (χ4v) is 4.77. The minimum absolute atomic E-state index is 0. The lowest BCUT2D eigenvalue weighted by Crippen LogP contribution is -2.30. The van der Waals surface area contributed by atoms with E-state index in [4.69, 9.17) is 19.3 Å². The number of nitrogens with zero attached hydrogens (tertiary/aromatic N) is 4. The van der Waals surface area contributed by atoms with Crippen LogP contribution in [0.3, 0.4) is 0 Å². The molecule has 0 unspecified atom stereocenters. The number of hydrogen-bond acceptors (Lipinski definition) is 10. The van der Waals surface area contributed by atoms with Crippen LogP contribution in [0.15, 0.2) is 42.7 Å². The van der Waals surface area contributed by atoms with Crippen LogP contribution in [0.4, 0.5) is 26.1 Å². The Kier molecular flexibility index (Phi) is 15.7. The number of benzene rings is 2. The number of nitrogens with one attached hydrogen (secondary N) is 3. The van der Waals surface area contributed by atoms with Crippen molar-refractivity contribution in [2.45, 2.75) is 26.2 Å². The summed E-state index contributed by atoms with van der Waals surface area (Å²) in [5.41, 5.74) is 0.732. The molecule has 258 valence electrons. The highest BCUT2D eigenvalue weighted by Gasteiger charge is 2.17. The Morgan fingerprint density at radius 1 is 1.06 bits per heavy atom. The second-order valence-electron chi connectivity index (χ2n) is 9.84. The molecule has 0 aliphatic heterocycles. The summed E-state index contributed by atoms with van der Waals surface area (Å²) in [5.74, 6) is -1.06. The minimum atomic E-state index is -4.50. The summed E-state index contributed by atoms with van der Waals surface area (Å²) in [6.45, 7) is 4.06. The smallest absolute Gasteiger partial charge is 0.469 e. The molecule has 47 heavy (non-hydrogen) atoms. The van der Waals surface area contributed by atoms with E-state index >= 15 is 0 Å². The Bertz CT molecular complexity index is 1660. The monoisotopic (exact) mass is 721 g/mol. The molecule has 1 amide bonds. The maximum Gasteiger partial charge on any atom is 0.469 e. The largest absolute Gasteiger partial charge is 0.493 e. The van der Waals surface area contributed by atoms with Crippen LogP contribution in [-0.2, 0) is 20.3 Å². The van der Waals surface area contributed by atoms with E-state index < -0.39 is 25.4 Å². The van der Waals surface area contributed by atoms with Gasteiger partial charge in [-0.1, -0.05) is 13.0 Å². The van der Waals surface area contributed by atoms with Gasteiger partial charge in [-0.15, -0.1) is 24.8 Å². The number of phosphoric acid groups is 1. The molecular formula is C28H36Cl2F2N7O7P. The third-order valence-corrected chi connectivity index (χ3v) is 6.98. The fraction of sp³-hybridized carbons (Fsp3) is 0.357. The zero-order valence-electron chi connectivity index (χ0n) is 25.4. The number of phosphoric ester groups is 1. The van der Waals surface area contributed by atoms with Crippen LogP contribution in [0.1, 0.15) is 25.5 Å². The SMILES string of the molecule is CCCN(CCCOc1cc2ncnc(Nc3cc(CC(=O)Nc4cccc(F)c4F)[nH]n3)c2cc1OC)CCOP(=O)(O)O.Cl.Cl. The van der Waals surface area contributed by atoms with Crippen LogP contribution in [0, 0.1) is 11.6 Å². The van der Waals surface area contributed by atoms with Crippen molar-refractivity contribution in [2.75, 3.05) is 50.6 Å². The van der Waals surface area contributed by atoms with E-state index in [1.54, 1.807) is 18.2 Å². The summed E-state index contributed by atoms with van der Waals surface area (Å²) in [6, 6.07) is 8.56. The van der Waals surface area contributed by atoms with Crippen LogP contribution in [-0.4, -0.2) is 80.7 Å². The van der Waals surface area contributed by atoms with Crippen molar-refractivity contribution in [3.05, 3.63) is 60.1 Å². The average molecular weight is 723 g/mol. The third kappa shape index (κ3) is 11.8. The van der Waals surface area contributed by atoms with Crippen LogP contribution in [0.5, 0.6) is 11.5 Å². The third-order valence-electron chi connectivity index (χ3n) is 6.46. The first-order valence-corrected chi connectivity index (χ1v) is 15.5. The van der Waals surface area contributed by atoms with Crippen molar-refractivity contribution < 1.29 is 41.9 Å². The van der Waals surface area contributed by atoms with Crippen LogP contribution < -0.4 is 20.1 Å². The zero-order chi connectivity index (χ0) is 32.4. The van der Waals surface area contributed by atoms with E-state index in [2.05, 4.69) is 35.3 Å². The van der Waals surface area contributed by atoms with Crippen LogP contribution >= 0.6 is 32.6 Å². The molecule has 0 radical (unpaired) electrons. The Morgan fingerprint density at radius 2 is 1.85 bits per heavy atom. The number of carbonyl (C=O) groups is 1. The van der Waals surface area contributed by atoms with Gasteiger partial charge >= 0.3 is 7.82 Å². The molecule has 0 atom stereocenters. The first kappa shape index (κ1) is 39.5. The van der Waals surface area contributed by atoms with Gasteiger partial charge in [-0.3, -0.25) is 14.4 Å². The maximum atomic E-state index is 13.9. The lowest BCUT2D eigenvalue weighted by atomic mass is 10.2. The molecule has 19 heteroatoms. The molecular weight excluding hydrogens is 686 g/mol. The predicted molar refractivity (Wildman–Crippen MR) is 176 cm³/mol. The highest BCUT2D eigenvalue weighted by Crippen LogP contribution is 2.36. The van der Waals surface area contributed by atoms with Gasteiger partial charge in [0.15, 0.2) is 29.0 Å². The molecule has 2 aromatic heterocycles. The van der Waals surface area contributed by atoms with Gasteiger partial charge in [-0.2, -0.15) is 5.10 Å². The maximum absolute atomic E-state index is 13.9. The molecule has 0 saturated heterocycles. The van der Waals surface area contributed by atoms with Gasteiger partial charge in [0.25, 0.3) is 0 Å². The molecule has 0 bridgehead atoms. The number of hydrogen-bond donors (Lipinski definition) is 5. The number of carbonyl (C=O) groups excluding carboxylic acids is 1. The van der Waals surface area contributed by atoms with Gasteiger partial charge in [0.05, 0.1) is 37.9 Å². The van der Waals surface area contributed by atoms with Gasteiger partial charge in [-0.05, 0) is 37.6 Å². The molecule has 2 aromatic carbocycles. The normalized spacial score (nSPS) is 11.1. The molecule has 0 spiro atoms. The predicted octanol–water partition coefficient (Wildman–Crippen LogP) is 5.00. The Balaban J connectivity index is 0.00000384. The second-order valence-corrected chi connectivity index (χ2v) is 11.1. The Labute approximate surface area is 281 Å². The number of methoxy groups -OCH3 is 1. The molecule has 0 fully saturated rings. The Hall–Kier alpha value is -3.63. The first-order valence-electron chi connectivity index (χ1n) is 14.0. The van der Waals surface area contributed by atoms with Crippen LogP contribution in [0.2, 0.25) is 0 Å². The number of aromatic amines is 1. The van der Waals surface area contributed by atoms with Crippen molar-refractivity contribution in [2.24, 2.45) is 0 Å². The van der Waals surface area contributed by atoms with Crippen molar-refractivity contribution in [3.63, 3.8) is 0 Å². The highest BCUT2D eigenvalue weighted by atomic mass is 35.5. The van der Waals surface area contributed by atoms with E-state index in [9.17, 15) is 18.1 Å². The number of fused-ring (bicyclic) bond motifs is 1. The highest BCUT2D eigenvalue weighted by molar-refractivity contribution is 7.46. The number of halogens is 4. The van der Waals surface area contributed by atoms with E-state index in [0.717, 1.165) is 19.0 Å². The quantitative estimate of drug-likeness (QED) is 0.0728. The van der Waals surface area contributed by atoms with E-state index in [1.165, 1.54) is 25.6 Å². The summed E-state index contributed by atoms with van der Waals surface area (Å²) >= 11 is 0. The number of aromatic nitrogens is 4. The summed E-state index contributed by atoms with van der Waals surface area (Å²) < 4.78 is 54.3. The molecule has 2 heterocycles. The second kappa shape index (κ2) is 18.6. The molecule has 5 N–H and O–H groups in total. The number of ether oxygens (including phenoxy) is 2. The summed E-state index contributed by atoms with van der Waals surface area (Å²) in [4.78, 5) is 40.8. The number of amides is 1. The zero-order valence-corrected chi connectivity index (χ0v) is 28.0. The van der Waals surface area contributed by atoms with E-state index in [-0.39, 0.29) is 43.5 Å². The van der Waals surface area contributed by atoms with Gasteiger partial charge in [0.2, 0.25) is 5.91 Å². The lowest BCUT2D eigenvalue weighted by Gasteiger charge is -2.21. The fourth-order valence-electron chi connectivity index (χ4n) is 4.45. The van der Waals surface area contributed by atoms with Crippen molar-refractivity contribution >= 4 is 66.8 Å². The van der Waals surface area contributed by atoms with Crippen molar-refractivity contribution in [1.82, 2.24) is 25.1 Å². The topological polar surface area (TPSA) is 184 Å². The summed E-state index contributed by atoms with van der Waals surface area (Å²) in [6.07, 6.45) is 2.72. The summed E-state index contributed by atoms with van der Waals surface area (Å²) in [7, 11) is -2.99. The average Bonchev–Trinajstić information content (AvgIpc) is 3.43. The summed E-state index contributed by atoms with van der Waals surface area (Å²) in [5, 5.41) is 12.9. The minimum Gasteiger partial charge on any atom is -0.493 e. The molecule has 4 rings (SSSR count). The van der Waals surface area contributed by atoms with Gasteiger partial charge < -0.3 is 34.8 Å². The van der Waals surface area contributed by atoms with E-state index in [1.807, 2.05) is 11.8 Å². The molecule has 0 aliphatic carbocycles.